The van der Waals surface area contributed by atoms with Crippen LogP contribution in [0.4, 0.5) is 0 Å². The predicted molar refractivity (Wildman–Crippen MR) is 68.9 cm³/mol. The van der Waals surface area contributed by atoms with Crippen molar-refractivity contribution in [1.82, 2.24) is 10.3 Å². The lowest BCUT2D eigenvalue weighted by Crippen LogP contribution is -2.26. The molecule has 0 aliphatic heterocycles. The number of rotatable bonds is 7. The maximum Gasteiger partial charge on any atom is 0.303 e. The molecule has 1 aromatic rings. The minimum atomic E-state index is -0.811. The van der Waals surface area contributed by atoms with Crippen LogP contribution in [-0.2, 0) is 4.79 Å². The molecule has 1 rings (SSSR count). The van der Waals surface area contributed by atoms with E-state index in [9.17, 15) is 14.7 Å². The van der Waals surface area contributed by atoms with Crippen LogP contribution >= 0.6 is 0 Å². The van der Waals surface area contributed by atoms with Crippen molar-refractivity contribution in [3.8, 4) is 5.75 Å². The van der Waals surface area contributed by atoms with Crippen LogP contribution in [0.1, 0.15) is 36.7 Å². The van der Waals surface area contributed by atoms with Crippen molar-refractivity contribution in [3.63, 3.8) is 0 Å². The fraction of sp³-hybridized carbons (Fsp3) is 0.462. The van der Waals surface area contributed by atoms with Gasteiger partial charge in [0.25, 0.3) is 5.91 Å². The molecule has 0 aliphatic carbocycles. The summed E-state index contributed by atoms with van der Waals surface area (Å²) in [4.78, 5) is 25.9. The lowest BCUT2D eigenvalue weighted by atomic mass is 10.0. The Balaban J connectivity index is 2.31. The molecule has 0 aliphatic rings. The summed E-state index contributed by atoms with van der Waals surface area (Å²) in [7, 11) is 0. The molecule has 0 spiro atoms. The van der Waals surface area contributed by atoms with E-state index in [0.717, 1.165) is 0 Å². The molecule has 0 bridgehead atoms. The van der Waals surface area contributed by atoms with E-state index >= 15 is 0 Å². The van der Waals surface area contributed by atoms with Crippen molar-refractivity contribution in [2.45, 2.75) is 26.2 Å². The molecule has 6 nitrogen and oxygen atoms in total. The summed E-state index contributed by atoms with van der Waals surface area (Å²) in [6.07, 6.45) is 2.84. The second-order valence-electron chi connectivity index (χ2n) is 4.45. The first-order chi connectivity index (χ1) is 9.00. The van der Waals surface area contributed by atoms with Crippen LogP contribution in [0.15, 0.2) is 18.3 Å². The highest BCUT2D eigenvalue weighted by atomic mass is 16.4. The van der Waals surface area contributed by atoms with Crippen LogP contribution in [-0.4, -0.2) is 33.6 Å². The molecule has 3 N–H and O–H groups in total. The van der Waals surface area contributed by atoms with Crippen molar-refractivity contribution in [1.29, 1.82) is 0 Å². The first-order valence-electron chi connectivity index (χ1n) is 6.14. The Hall–Kier alpha value is -2.11. The van der Waals surface area contributed by atoms with Crippen LogP contribution in [0, 0.1) is 5.92 Å². The van der Waals surface area contributed by atoms with Crippen LogP contribution in [0.2, 0.25) is 0 Å². The van der Waals surface area contributed by atoms with Gasteiger partial charge in [0.05, 0.1) is 0 Å². The molecule has 0 fully saturated rings. The SMILES string of the molecule is CC(CCNC(=O)c1ncccc1O)CCC(=O)O. The number of amides is 1. The highest BCUT2D eigenvalue weighted by Gasteiger charge is 2.12. The molecule has 104 valence electrons. The van der Waals surface area contributed by atoms with Gasteiger partial charge in [-0.1, -0.05) is 6.92 Å². The van der Waals surface area contributed by atoms with E-state index in [0.29, 0.717) is 19.4 Å². The first-order valence-corrected chi connectivity index (χ1v) is 6.14. The Labute approximate surface area is 111 Å². The van der Waals surface area contributed by atoms with Gasteiger partial charge in [0.2, 0.25) is 0 Å². The molecule has 1 aromatic heterocycles. The van der Waals surface area contributed by atoms with E-state index in [4.69, 9.17) is 5.11 Å². The van der Waals surface area contributed by atoms with Crippen molar-refractivity contribution < 1.29 is 19.8 Å². The normalized spacial score (nSPS) is 11.8. The number of aromatic hydroxyl groups is 1. The summed E-state index contributed by atoms with van der Waals surface area (Å²) in [6.45, 7) is 2.36. The average molecular weight is 266 g/mol. The number of carboxylic acid groups (broad SMARTS) is 1. The summed E-state index contributed by atoms with van der Waals surface area (Å²) in [6, 6.07) is 2.94. The van der Waals surface area contributed by atoms with Crippen molar-refractivity contribution in [2.75, 3.05) is 6.54 Å². The number of carbonyl (C=O) groups excluding carboxylic acids is 1. The Morgan fingerprint density at radius 1 is 1.42 bits per heavy atom. The third kappa shape index (κ3) is 5.37. The van der Waals surface area contributed by atoms with Crippen LogP contribution in [0.25, 0.3) is 0 Å². The van der Waals surface area contributed by atoms with Crippen molar-refractivity contribution in [3.05, 3.63) is 24.0 Å². The lowest BCUT2D eigenvalue weighted by molar-refractivity contribution is -0.137. The standard InChI is InChI=1S/C13H18N2O4/c1-9(4-5-11(17)18)6-8-15-13(19)12-10(16)3-2-7-14-12/h2-3,7,9,16H,4-6,8H2,1H3,(H,15,19)(H,17,18). The third-order valence-corrected chi connectivity index (χ3v) is 2.78. The number of aliphatic carboxylic acids is 1. The van der Waals surface area contributed by atoms with E-state index in [1.54, 1.807) is 6.07 Å². The summed E-state index contributed by atoms with van der Waals surface area (Å²) in [5.41, 5.74) is 0.000638. The fourth-order valence-corrected chi connectivity index (χ4v) is 1.60. The Kier molecular flexibility index (Phi) is 5.78. The number of carbonyl (C=O) groups is 2. The molecule has 1 heterocycles. The number of carboxylic acids is 1. The van der Waals surface area contributed by atoms with Gasteiger partial charge in [-0.05, 0) is 30.9 Å². The summed E-state index contributed by atoms with van der Waals surface area (Å²) in [5.74, 6) is -1.18. The molecule has 0 saturated heterocycles. The molecule has 1 unspecified atom stereocenters. The maximum absolute atomic E-state index is 11.7. The molecule has 19 heavy (non-hydrogen) atoms. The third-order valence-electron chi connectivity index (χ3n) is 2.78. The second kappa shape index (κ2) is 7.35. The Bertz CT molecular complexity index is 448. The van der Waals surface area contributed by atoms with Gasteiger partial charge in [0.1, 0.15) is 5.75 Å². The number of aromatic nitrogens is 1. The smallest absolute Gasteiger partial charge is 0.303 e. The molecule has 0 radical (unpaired) electrons. The fourth-order valence-electron chi connectivity index (χ4n) is 1.60. The zero-order valence-corrected chi connectivity index (χ0v) is 10.8. The summed E-state index contributed by atoms with van der Waals surface area (Å²) in [5, 5.41) is 20.6. The highest BCUT2D eigenvalue weighted by Crippen LogP contribution is 2.13. The Morgan fingerprint density at radius 2 is 2.16 bits per heavy atom. The topological polar surface area (TPSA) is 99.5 Å². The first kappa shape index (κ1) is 14.9. The van der Waals surface area contributed by atoms with Gasteiger partial charge in [-0.25, -0.2) is 4.98 Å². The van der Waals surface area contributed by atoms with Gasteiger partial charge < -0.3 is 15.5 Å². The molecular weight excluding hydrogens is 248 g/mol. The zero-order valence-electron chi connectivity index (χ0n) is 10.8. The van der Waals surface area contributed by atoms with Crippen LogP contribution in [0.5, 0.6) is 5.75 Å². The lowest BCUT2D eigenvalue weighted by Gasteiger charge is -2.10. The van der Waals surface area contributed by atoms with Gasteiger partial charge in [-0.15, -0.1) is 0 Å². The molecule has 0 saturated carbocycles. The predicted octanol–water partition coefficient (Wildman–Crippen LogP) is 1.41. The van der Waals surface area contributed by atoms with E-state index in [-0.39, 0.29) is 23.8 Å². The average Bonchev–Trinajstić information content (AvgIpc) is 2.36. The largest absolute Gasteiger partial charge is 0.505 e. The number of hydrogen-bond donors (Lipinski definition) is 3. The number of nitrogens with one attached hydrogen (secondary N) is 1. The van der Waals surface area contributed by atoms with Crippen molar-refractivity contribution >= 4 is 11.9 Å². The van der Waals surface area contributed by atoms with Crippen LogP contribution in [0.3, 0.4) is 0 Å². The quantitative estimate of drug-likeness (QED) is 0.693. The number of pyridine rings is 1. The summed E-state index contributed by atoms with van der Waals surface area (Å²) >= 11 is 0. The maximum atomic E-state index is 11.7. The number of nitrogens with zero attached hydrogens (tertiary/aromatic N) is 1. The minimum Gasteiger partial charge on any atom is -0.505 e. The molecule has 1 amide bonds. The van der Waals surface area contributed by atoms with Gasteiger partial charge in [-0.2, -0.15) is 0 Å². The number of hydrogen-bond acceptors (Lipinski definition) is 4. The van der Waals surface area contributed by atoms with Crippen molar-refractivity contribution in [2.24, 2.45) is 5.92 Å². The van der Waals surface area contributed by atoms with E-state index < -0.39 is 11.9 Å². The molecule has 1 atom stereocenters. The van der Waals surface area contributed by atoms with Gasteiger partial charge in [-0.3, -0.25) is 9.59 Å². The highest BCUT2D eigenvalue weighted by molar-refractivity contribution is 5.94. The molecule has 0 aromatic carbocycles. The van der Waals surface area contributed by atoms with E-state index in [1.807, 2.05) is 6.92 Å². The van der Waals surface area contributed by atoms with E-state index in [1.165, 1.54) is 12.3 Å². The van der Waals surface area contributed by atoms with Crippen LogP contribution < -0.4 is 5.32 Å². The Morgan fingerprint density at radius 3 is 2.79 bits per heavy atom. The second-order valence-corrected chi connectivity index (χ2v) is 4.45. The minimum absolute atomic E-state index is 0.000638. The summed E-state index contributed by atoms with van der Waals surface area (Å²) < 4.78 is 0. The molecule has 6 heteroatoms. The molecular formula is C13H18N2O4. The van der Waals surface area contributed by atoms with E-state index in [2.05, 4.69) is 10.3 Å². The van der Waals surface area contributed by atoms with Gasteiger partial charge in [0, 0.05) is 19.2 Å². The monoisotopic (exact) mass is 266 g/mol. The zero-order chi connectivity index (χ0) is 14.3. The van der Waals surface area contributed by atoms with Gasteiger partial charge in [0.15, 0.2) is 5.69 Å². The van der Waals surface area contributed by atoms with Gasteiger partial charge >= 0.3 is 5.97 Å².